The molecule has 0 radical (unpaired) electrons. The Labute approximate surface area is 239 Å². The second kappa shape index (κ2) is 12.6. The molecule has 0 aliphatic heterocycles. The average Bonchev–Trinajstić information content (AvgIpc) is 3.03. The van der Waals surface area contributed by atoms with Crippen LogP contribution in [0.15, 0.2) is 0 Å². The third kappa shape index (κ3) is 5.42. The lowest BCUT2D eigenvalue weighted by atomic mass is 9.36. The van der Waals surface area contributed by atoms with Gasteiger partial charge >= 0.3 is 0 Å². The van der Waals surface area contributed by atoms with Gasteiger partial charge < -0.3 is 5.11 Å². The first-order chi connectivity index (χ1) is 21.1. The largest absolute Gasteiger partial charge is 0.503 e. The molecule has 4 aromatic rings. The highest BCUT2D eigenvalue weighted by Crippen LogP contribution is 2.28. The molecule has 0 aliphatic rings. The summed E-state index contributed by atoms with van der Waals surface area (Å²) in [5, 5.41) is 8.30. The van der Waals surface area contributed by atoms with Gasteiger partial charge in [0.25, 0.3) is 6.71 Å². The SMILES string of the molecule is Fc1c(F)c(F)c(B(c2c(F)c(F)c(F)c(F)c2F)c2c(F)c(F)c(F)c(F)c2F)c(F)c1F.Oc1c(F)c(F)c(F)c(F)c1F. The molecule has 4 aromatic carbocycles. The Kier molecular flexibility index (Phi) is 9.83. The van der Waals surface area contributed by atoms with Crippen molar-refractivity contribution >= 4 is 23.1 Å². The third-order valence-corrected chi connectivity index (χ3v) is 5.78. The van der Waals surface area contributed by atoms with Crippen molar-refractivity contribution < 1.29 is 92.9 Å². The molecule has 22 heteroatoms. The van der Waals surface area contributed by atoms with E-state index in [1.165, 1.54) is 0 Å². The molecule has 246 valence electrons. The maximum Gasteiger partial charge on any atom is 0.265 e. The smallest absolute Gasteiger partial charge is 0.265 e. The van der Waals surface area contributed by atoms with Gasteiger partial charge in [0.2, 0.25) is 29.1 Å². The van der Waals surface area contributed by atoms with E-state index in [1.54, 1.807) is 0 Å². The van der Waals surface area contributed by atoms with Crippen molar-refractivity contribution in [3.05, 3.63) is 116 Å². The lowest BCUT2D eigenvalue weighted by molar-refractivity contribution is 0.325. The summed E-state index contributed by atoms with van der Waals surface area (Å²) in [7, 11) is 0. The summed E-state index contributed by atoms with van der Waals surface area (Å²) in [6.07, 6.45) is 0. The average molecular weight is 696 g/mol. The van der Waals surface area contributed by atoms with E-state index in [0.717, 1.165) is 0 Å². The minimum Gasteiger partial charge on any atom is -0.503 e. The molecule has 0 atom stereocenters. The van der Waals surface area contributed by atoms with Crippen molar-refractivity contribution in [2.24, 2.45) is 0 Å². The number of hydrogen-bond donors (Lipinski definition) is 1. The van der Waals surface area contributed by atoms with Gasteiger partial charge in [-0.2, -0.15) is 8.78 Å². The number of phenolic OH excluding ortho intramolecular Hbond substituents is 1. The third-order valence-electron chi connectivity index (χ3n) is 5.78. The van der Waals surface area contributed by atoms with Crippen LogP contribution in [0.4, 0.5) is 87.8 Å². The number of aromatic hydroxyl groups is 1. The van der Waals surface area contributed by atoms with Crippen molar-refractivity contribution in [1.82, 2.24) is 0 Å². The lowest BCUT2D eigenvalue weighted by Crippen LogP contribution is -2.60. The maximum atomic E-state index is 14.4. The molecule has 1 nitrogen and oxygen atoms in total. The van der Waals surface area contributed by atoms with Crippen LogP contribution in [-0.2, 0) is 0 Å². The van der Waals surface area contributed by atoms with Crippen LogP contribution in [0.2, 0.25) is 0 Å². The fourth-order valence-electron chi connectivity index (χ4n) is 3.65. The van der Waals surface area contributed by atoms with E-state index in [-0.39, 0.29) is 0 Å². The molecule has 0 amide bonds. The van der Waals surface area contributed by atoms with Crippen molar-refractivity contribution in [3.8, 4) is 5.75 Å². The Morgan fingerprint density at radius 1 is 0.217 bits per heavy atom. The standard InChI is InChI=1S/C18BF15.C6HF5O/c20-4-1(5(21)11(27)16(32)10(4)26)19(2-6(22)12(28)17(33)13(29)7(2)23)3-8(24)14(30)18(34)15(31)9(3)25;7-1-2(8)4(10)6(12)5(11)3(1)9/h;12H. The first-order valence-electron chi connectivity index (χ1n) is 10.9. The van der Waals surface area contributed by atoms with Crippen LogP contribution in [0, 0.1) is 116 Å². The van der Waals surface area contributed by atoms with Crippen molar-refractivity contribution in [2.75, 3.05) is 0 Å². The summed E-state index contributed by atoms with van der Waals surface area (Å²) in [5.74, 6) is -58.2. The van der Waals surface area contributed by atoms with E-state index in [9.17, 15) is 87.8 Å². The van der Waals surface area contributed by atoms with Gasteiger partial charge in [0.05, 0.1) is 0 Å². The van der Waals surface area contributed by atoms with E-state index in [2.05, 4.69) is 0 Å². The van der Waals surface area contributed by atoms with Crippen LogP contribution in [0.1, 0.15) is 0 Å². The molecule has 0 aromatic heterocycles. The summed E-state index contributed by atoms with van der Waals surface area (Å²) >= 11 is 0. The Bertz CT molecular complexity index is 1570. The van der Waals surface area contributed by atoms with Crippen LogP contribution in [-0.4, -0.2) is 11.8 Å². The number of halogens is 20. The number of benzene rings is 4. The zero-order valence-corrected chi connectivity index (χ0v) is 20.6. The first-order valence-corrected chi connectivity index (χ1v) is 10.9. The fourth-order valence-corrected chi connectivity index (χ4v) is 3.65. The highest BCUT2D eigenvalue weighted by Gasteiger charge is 2.45. The summed E-state index contributed by atoms with van der Waals surface area (Å²) < 4.78 is 269. The molecule has 0 saturated heterocycles. The van der Waals surface area contributed by atoms with Gasteiger partial charge in [-0.3, -0.25) is 0 Å². The zero-order chi connectivity index (χ0) is 35.4. The molecule has 0 unspecified atom stereocenters. The quantitative estimate of drug-likeness (QED) is 0.114. The van der Waals surface area contributed by atoms with Gasteiger partial charge in [0.1, 0.15) is 0 Å². The monoisotopic (exact) mass is 696 g/mol. The van der Waals surface area contributed by atoms with E-state index in [4.69, 9.17) is 5.11 Å². The molecule has 4 rings (SSSR count). The molecule has 46 heavy (non-hydrogen) atoms. The topological polar surface area (TPSA) is 20.2 Å². The van der Waals surface area contributed by atoms with Gasteiger partial charge in [0.15, 0.2) is 93.0 Å². The van der Waals surface area contributed by atoms with Crippen LogP contribution >= 0.6 is 0 Å². The summed E-state index contributed by atoms with van der Waals surface area (Å²) in [6, 6.07) is 0. The van der Waals surface area contributed by atoms with Gasteiger partial charge in [-0.15, -0.1) is 0 Å². The van der Waals surface area contributed by atoms with Crippen LogP contribution in [0.5, 0.6) is 5.75 Å². The molecule has 0 fully saturated rings. The minimum absolute atomic E-state index is 1.87. The molecule has 0 aliphatic carbocycles. The van der Waals surface area contributed by atoms with Crippen LogP contribution < -0.4 is 16.4 Å². The zero-order valence-electron chi connectivity index (χ0n) is 20.6. The van der Waals surface area contributed by atoms with Crippen LogP contribution in [0.25, 0.3) is 0 Å². The van der Waals surface area contributed by atoms with Gasteiger partial charge in [-0.25, -0.2) is 79.0 Å². The Morgan fingerprint density at radius 3 is 0.522 bits per heavy atom. The molecular formula is C24HBF20O. The fraction of sp³-hybridized carbons (Fsp3) is 0. The molecule has 0 saturated carbocycles. The molecule has 0 bridgehead atoms. The Balaban J connectivity index is 0.000000402. The van der Waals surface area contributed by atoms with Gasteiger partial charge in [-0.1, -0.05) is 0 Å². The maximum absolute atomic E-state index is 14.4. The highest BCUT2D eigenvalue weighted by atomic mass is 19.2. The summed E-state index contributed by atoms with van der Waals surface area (Å²) in [5.41, 5.74) is -8.03. The lowest BCUT2D eigenvalue weighted by Gasteiger charge is -2.21. The Morgan fingerprint density at radius 2 is 0.348 bits per heavy atom. The Hall–Kier alpha value is -4.66. The second-order valence-electron chi connectivity index (χ2n) is 8.30. The minimum atomic E-state index is -3.96. The number of phenols is 1. The van der Waals surface area contributed by atoms with Crippen molar-refractivity contribution in [3.63, 3.8) is 0 Å². The van der Waals surface area contributed by atoms with Gasteiger partial charge in [0, 0.05) is 16.4 Å². The van der Waals surface area contributed by atoms with E-state index in [0.29, 0.717) is 0 Å². The number of rotatable bonds is 3. The predicted octanol–water partition coefficient (Wildman–Crippen LogP) is 6.38. The summed E-state index contributed by atoms with van der Waals surface area (Å²) in [6.45, 7) is -3.96. The van der Waals surface area contributed by atoms with Crippen molar-refractivity contribution in [2.45, 2.75) is 0 Å². The molecule has 0 heterocycles. The summed E-state index contributed by atoms with van der Waals surface area (Å²) in [4.78, 5) is 0. The number of hydrogen-bond acceptors (Lipinski definition) is 1. The normalized spacial score (nSPS) is 11.1. The van der Waals surface area contributed by atoms with E-state index < -0.39 is 145 Å². The molecule has 1 N–H and O–H groups in total. The van der Waals surface area contributed by atoms with Crippen LogP contribution in [0.3, 0.4) is 0 Å². The highest BCUT2D eigenvalue weighted by molar-refractivity contribution is 6.95. The van der Waals surface area contributed by atoms with Crippen molar-refractivity contribution in [1.29, 1.82) is 0 Å². The second-order valence-corrected chi connectivity index (χ2v) is 8.30. The molecular weight excluding hydrogens is 695 g/mol. The van der Waals surface area contributed by atoms with E-state index in [1.807, 2.05) is 0 Å². The first kappa shape index (κ1) is 35.8. The van der Waals surface area contributed by atoms with Gasteiger partial charge in [-0.05, 0) is 0 Å². The molecule has 0 spiro atoms. The van der Waals surface area contributed by atoms with E-state index >= 15 is 0 Å². The predicted molar refractivity (Wildman–Crippen MR) is 111 cm³/mol.